The SMILES string of the molecule is Cc1nn(-c2ccc(F)cc2)c(C)c1C=C1Oc2cc(O)ccc2C1=O. The van der Waals surface area contributed by atoms with Gasteiger partial charge < -0.3 is 9.84 Å². The Morgan fingerprint density at radius 2 is 1.88 bits per heavy atom. The maximum atomic E-state index is 13.1. The molecular weight excluding hydrogens is 335 g/mol. The standard InChI is InChI=1S/C20H15FN2O3/c1-11-17(12(2)23(22-11)14-5-3-13(21)4-6-14)10-19-20(25)16-8-7-15(24)9-18(16)26-19/h3-10,24H,1-2H3. The zero-order chi connectivity index (χ0) is 18.4. The molecule has 0 saturated carbocycles. The van der Waals surface area contributed by atoms with E-state index >= 15 is 0 Å². The number of carbonyl (C=O) groups excluding carboxylic acids is 1. The molecule has 0 spiro atoms. The number of aromatic nitrogens is 2. The Kier molecular flexibility index (Phi) is 3.61. The number of allylic oxidation sites excluding steroid dienone is 1. The van der Waals surface area contributed by atoms with E-state index in [9.17, 15) is 14.3 Å². The van der Waals surface area contributed by atoms with E-state index in [2.05, 4.69) is 5.10 Å². The molecule has 4 rings (SSSR count). The number of hydrogen-bond donors (Lipinski definition) is 1. The maximum Gasteiger partial charge on any atom is 0.231 e. The maximum absolute atomic E-state index is 13.1. The van der Waals surface area contributed by atoms with E-state index in [1.807, 2.05) is 13.8 Å². The van der Waals surface area contributed by atoms with Gasteiger partial charge in [-0.05, 0) is 56.3 Å². The van der Waals surface area contributed by atoms with Crippen LogP contribution in [0.2, 0.25) is 0 Å². The summed E-state index contributed by atoms with van der Waals surface area (Å²) in [6.45, 7) is 3.70. The summed E-state index contributed by atoms with van der Waals surface area (Å²) in [5.41, 5.74) is 3.42. The summed E-state index contributed by atoms with van der Waals surface area (Å²) in [6.07, 6.45) is 1.65. The van der Waals surface area contributed by atoms with Gasteiger partial charge in [-0.2, -0.15) is 5.10 Å². The van der Waals surface area contributed by atoms with E-state index in [0.29, 0.717) is 11.3 Å². The third-order valence-electron chi connectivity index (χ3n) is 4.35. The third-order valence-corrected chi connectivity index (χ3v) is 4.35. The molecule has 0 radical (unpaired) electrons. The molecule has 1 aromatic heterocycles. The first-order valence-electron chi connectivity index (χ1n) is 8.03. The zero-order valence-electron chi connectivity index (χ0n) is 14.2. The minimum atomic E-state index is -0.316. The Morgan fingerprint density at radius 3 is 2.62 bits per heavy atom. The van der Waals surface area contributed by atoms with Crippen molar-refractivity contribution in [1.29, 1.82) is 0 Å². The number of ether oxygens (including phenoxy) is 1. The van der Waals surface area contributed by atoms with E-state index in [0.717, 1.165) is 22.6 Å². The number of ketones is 1. The van der Waals surface area contributed by atoms with Crippen molar-refractivity contribution < 1.29 is 19.0 Å². The minimum absolute atomic E-state index is 0.0364. The first-order valence-corrected chi connectivity index (χ1v) is 8.03. The molecule has 0 saturated heterocycles. The summed E-state index contributed by atoms with van der Waals surface area (Å²) in [6, 6.07) is 10.4. The average molecular weight is 350 g/mol. The molecule has 130 valence electrons. The Hall–Kier alpha value is -3.41. The number of benzene rings is 2. The summed E-state index contributed by atoms with van der Waals surface area (Å²) < 4.78 is 20.5. The lowest BCUT2D eigenvalue weighted by Crippen LogP contribution is -2.00. The molecule has 5 nitrogen and oxygen atoms in total. The molecule has 2 aromatic carbocycles. The van der Waals surface area contributed by atoms with Crippen LogP contribution < -0.4 is 4.74 Å². The number of rotatable bonds is 2. The minimum Gasteiger partial charge on any atom is -0.508 e. The van der Waals surface area contributed by atoms with Crippen LogP contribution in [0.1, 0.15) is 27.3 Å². The van der Waals surface area contributed by atoms with E-state index in [4.69, 9.17) is 4.74 Å². The lowest BCUT2D eigenvalue weighted by molar-refractivity contribution is 0.101. The van der Waals surface area contributed by atoms with Gasteiger partial charge in [-0.3, -0.25) is 4.79 Å². The van der Waals surface area contributed by atoms with Crippen LogP contribution in [0, 0.1) is 19.7 Å². The Morgan fingerprint density at radius 1 is 1.15 bits per heavy atom. The lowest BCUT2D eigenvalue weighted by Gasteiger charge is -2.04. The number of aromatic hydroxyl groups is 1. The number of aryl methyl sites for hydroxylation is 1. The summed E-state index contributed by atoms with van der Waals surface area (Å²) >= 11 is 0. The van der Waals surface area contributed by atoms with Crippen LogP contribution in [0.15, 0.2) is 48.2 Å². The molecule has 1 aliphatic rings. The molecule has 0 aliphatic carbocycles. The highest BCUT2D eigenvalue weighted by molar-refractivity contribution is 6.14. The van der Waals surface area contributed by atoms with Crippen molar-refractivity contribution in [1.82, 2.24) is 9.78 Å². The molecule has 0 amide bonds. The summed E-state index contributed by atoms with van der Waals surface area (Å²) in [5, 5.41) is 14.0. The van der Waals surface area contributed by atoms with Crippen molar-refractivity contribution in [3.8, 4) is 17.2 Å². The molecule has 3 aromatic rings. The van der Waals surface area contributed by atoms with Gasteiger partial charge in [-0.1, -0.05) is 0 Å². The van der Waals surface area contributed by atoms with Crippen LogP contribution in [-0.4, -0.2) is 20.7 Å². The number of hydrogen-bond acceptors (Lipinski definition) is 4. The van der Waals surface area contributed by atoms with Crippen molar-refractivity contribution in [3.05, 3.63) is 76.6 Å². The monoisotopic (exact) mass is 350 g/mol. The fourth-order valence-corrected chi connectivity index (χ4v) is 3.00. The van der Waals surface area contributed by atoms with Gasteiger partial charge >= 0.3 is 0 Å². The molecule has 0 atom stereocenters. The number of nitrogens with zero attached hydrogens (tertiary/aromatic N) is 2. The molecule has 1 N–H and O–H groups in total. The Balaban J connectivity index is 1.75. The van der Waals surface area contributed by atoms with Crippen molar-refractivity contribution >= 4 is 11.9 Å². The number of halogens is 1. The second kappa shape index (κ2) is 5.84. The van der Waals surface area contributed by atoms with Gasteiger partial charge in [-0.15, -0.1) is 0 Å². The molecule has 2 heterocycles. The zero-order valence-corrected chi connectivity index (χ0v) is 14.2. The largest absolute Gasteiger partial charge is 0.508 e. The van der Waals surface area contributed by atoms with E-state index in [1.54, 1.807) is 22.9 Å². The fraction of sp³-hybridized carbons (Fsp3) is 0.100. The van der Waals surface area contributed by atoms with Crippen LogP contribution in [-0.2, 0) is 0 Å². The van der Waals surface area contributed by atoms with Crippen LogP contribution >= 0.6 is 0 Å². The molecule has 0 fully saturated rings. The van der Waals surface area contributed by atoms with Gasteiger partial charge in [0.1, 0.15) is 17.3 Å². The third kappa shape index (κ3) is 2.56. The van der Waals surface area contributed by atoms with Crippen molar-refractivity contribution in [3.63, 3.8) is 0 Å². The van der Waals surface area contributed by atoms with Crippen molar-refractivity contribution in [2.24, 2.45) is 0 Å². The molecule has 26 heavy (non-hydrogen) atoms. The first kappa shape index (κ1) is 16.1. The second-order valence-corrected chi connectivity index (χ2v) is 6.09. The second-order valence-electron chi connectivity index (χ2n) is 6.09. The van der Waals surface area contributed by atoms with Gasteiger partial charge in [0.2, 0.25) is 5.78 Å². The van der Waals surface area contributed by atoms with Gasteiger partial charge in [0.05, 0.1) is 16.9 Å². The highest BCUT2D eigenvalue weighted by Crippen LogP contribution is 2.35. The van der Waals surface area contributed by atoms with Crippen LogP contribution in [0.4, 0.5) is 4.39 Å². The lowest BCUT2D eigenvalue weighted by atomic mass is 10.1. The topological polar surface area (TPSA) is 64.3 Å². The highest BCUT2D eigenvalue weighted by Gasteiger charge is 2.28. The van der Waals surface area contributed by atoms with Crippen molar-refractivity contribution in [2.45, 2.75) is 13.8 Å². The van der Waals surface area contributed by atoms with Gasteiger partial charge in [-0.25, -0.2) is 9.07 Å². The quantitative estimate of drug-likeness (QED) is 0.711. The molecule has 1 aliphatic heterocycles. The van der Waals surface area contributed by atoms with Crippen LogP contribution in [0.5, 0.6) is 11.5 Å². The van der Waals surface area contributed by atoms with Crippen LogP contribution in [0.25, 0.3) is 11.8 Å². The predicted molar refractivity (Wildman–Crippen MR) is 94.0 cm³/mol. The fourth-order valence-electron chi connectivity index (χ4n) is 3.00. The van der Waals surface area contributed by atoms with Gasteiger partial charge in [0, 0.05) is 17.3 Å². The smallest absolute Gasteiger partial charge is 0.231 e. The Bertz CT molecular complexity index is 1070. The van der Waals surface area contributed by atoms with Crippen LogP contribution in [0.3, 0.4) is 0 Å². The molecule has 0 unspecified atom stereocenters. The summed E-state index contributed by atoms with van der Waals surface area (Å²) in [5.74, 6) is -0.0100. The summed E-state index contributed by atoms with van der Waals surface area (Å²) in [4.78, 5) is 12.5. The molecular formula is C20H15FN2O3. The highest BCUT2D eigenvalue weighted by atomic mass is 19.1. The summed E-state index contributed by atoms with van der Waals surface area (Å²) in [7, 11) is 0. The molecule has 6 heteroatoms. The normalized spacial score (nSPS) is 14.6. The first-order chi connectivity index (χ1) is 12.4. The van der Waals surface area contributed by atoms with E-state index in [1.165, 1.54) is 30.3 Å². The van der Waals surface area contributed by atoms with E-state index in [-0.39, 0.29) is 23.1 Å². The number of phenolic OH excluding ortho intramolecular Hbond substituents is 1. The Labute approximate surface area is 149 Å². The number of Topliss-reactive ketones (excluding diaryl/α,β-unsaturated/α-hetero) is 1. The molecule has 0 bridgehead atoms. The van der Waals surface area contributed by atoms with Gasteiger partial charge in [0.15, 0.2) is 5.76 Å². The van der Waals surface area contributed by atoms with E-state index < -0.39 is 0 Å². The predicted octanol–water partition coefficient (Wildman–Crippen LogP) is 3.95. The number of carbonyl (C=O) groups is 1. The average Bonchev–Trinajstić information content (AvgIpc) is 3.07. The number of fused-ring (bicyclic) bond motifs is 1. The number of phenols is 1. The van der Waals surface area contributed by atoms with Crippen molar-refractivity contribution in [2.75, 3.05) is 0 Å². The van der Waals surface area contributed by atoms with Gasteiger partial charge in [0.25, 0.3) is 0 Å².